The van der Waals surface area contributed by atoms with E-state index in [4.69, 9.17) is 16.7 Å². The van der Waals surface area contributed by atoms with Crippen molar-refractivity contribution in [3.8, 4) is 0 Å². The van der Waals surface area contributed by atoms with Crippen molar-refractivity contribution in [1.82, 2.24) is 10.3 Å². The summed E-state index contributed by atoms with van der Waals surface area (Å²) in [6.45, 7) is 5.21. The van der Waals surface area contributed by atoms with Crippen LogP contribution in [0, 0.1) is 5.41 Å². The van der Waals surface area contributed by atoms with Crippen LogP contribution in [0.25, 0.3) is 0 Å². The molecule has 98 valence electrons. The average molecular weight is 271 g/mol. The molecule has 18 heavy (non-hydrogen) atoms. The fraction of sp³-hybridized carbons (Fsp3) is 0.417. The van der Waals surface area contributed by atoms with E-state index in [2.05, 4.69) is 10.3 Å². The summed E-state index contributed by atoms with van der Waals surface area (Å²) in [5.74, 6) is -1.61. The molecule has 1 aromatic heterocycles. The maximum absolute atomic E-state index is 11.8. The van der Waals surface area contributed by atoms with Gasteiger partial charge in [-0.05, 0) is 17.5 Å². The van der Waals surface area contributed by atoms with Crippen LogP contribution in [-0.2, 0) is 4.79 Å². The highest BCUT2D eigenvalue weighted by Gasteiger charge is 2.32. The number of hydrogen-bond donors (Lipinski definition) is 2. The molecule has 1 unspecified atom stereocenters. The van der Waals surface area contributed by atoms with Crippen molar-refractivity contribution in [2.45, 2.75) is 26.8 Å². The summed E-state index contributed by atoms with van der Waals surface area (Å²) in [6, 6.07) is 1.98. The number of carboxylic acids is 1. The van der Waals surface area contributed by atoms with Gasteiger partial charge in [0.1, 0.15) is 11.7 Å². The standard InChI is InChI=1S/C12H15ClN2O3/c1-12(2,3)9(11(17)18)15-10(16)8-5-4-7(13)6-14-8/h4-6,9H,1-3H3,(H,15,16)(H,17,18). The Balaban J connectivity index is 2.86. The number of pyridine rings is 1. The Morgan fingerprint density at radius 2 is 2.00 bits per heavy atom. The van der Waals surface area contributed by atoms with E-state index >= 15 is 0 Å². The largest absolute Gasteiger partial charge is 0.480 e. The number of hydrogen-bond acceptors (Lipinski definition) is 3. The van der Waals surface area contributed by atoms with E-state index in [9.17, 15) is 9.59 Å². The second-order valence-electron chi connectivity index (χ2n) is 4.97. The first-order chi connectivity index (χ1) is 8.21. The van der Waals surface area contributed by atoms with Crippen LogP contribution in [0.1, 0.15) is 31.3 Å². The fourth-order valence-electron chi connectivity index (χ4n) is 1.36. The van der Waals surface area contributed by atoms with Gasteiger partial charge in [0.25, 0.3) is 5.91 Å². The van der Waals surface area contributed by atoms with Crippen LogP contribution in [0.5, 0.6) is 0 Å². The third-order valence-corrected chi connectivity index (χ3v) is 2.57. The first-order valence-electron chi connectivity index (χ1n) is 5.37. The van der Waals surface area contributed by atoms with E-state index in [1.807, 2.05) is 0 Å². The van der Waals surface area contributed by atoms with E-state index < -0.39 is 23.3 Å². The van der Waals surface area contributed by atoms with Crippen molar-refractivity contribution < 1.29 is 14.7 Å². The number of aliphatic carboxylic acids is 1. The number of carbonyl (C=O) groups is 2. The molecule has 0 aliphatic rings. The van der Waals surface area contributed by atoms with Crippen LogP contribution in [0.2, 0.25) is 5.02 Å². The third kappa shape index (κ3) is 3.70. The Labute approximate surface area is 110 Å². The van der Waals surface area contributed by atoms with Crippen LogP contribution >= 0.6 is 11.6 Å². The van der Waals surface area contributed by atoms with Gasteiger partial charge in [0.15, 0.2) is 0 Å². The smallest absolute Gasteiger partial charge is 0.326 e. The molecule has 0 radical (unpaired) electrons. The lowest BCUT2D eigenvalue weighted by molar-refractivity contribution is -0.142. The summed E-state index contributed by atoms with van der Waals surface area (Å²) in [5.41, 5.74) is -0.455. The number of carboxylic acid groups (broad SMARTS) is 1. The Bertz CT molecular complexity index is 451. The molecule has 1 heterocycles. The van der Waals surface area contributed by atoms with Crippen molar-refractivity contribution in [3.05, 3.63) is 29.0 Å². The van der Waals surface area contributed by atoms with Crippen molar-refractivity contribution in [3.63, 3.8) is 0 Å². The Kier molecular flexibility index (Phi) is 4.29. The lowest BCUT2D eigenvalue weighted by Gasteiger charge is -2.27. The molecule has 0 saturated carbocycles. The molecule has 0 aliphatic heterocycles. The Morgan fingerprint density at radius 3 is 2.39 bits per heavy atom. The molecule has 1 rings (SSSR count). The monoisotopic (exact) mass is 270 g/mol. The zero-order chi connectivity index (χ0) is 13.9. The van der Waals surface area contributed by atoms with Gasteiger partial charge >= 0.3 is 5.97 Å². The number of rotatable bonds is 3. The van der Waals surface area contributed by atoms with Gasteiger partial charge in [-0.3, -0.25) is 4.79 Å². The van der Waals surface area contributed by atoms with E-state index in [1.165, 1.54) is 18.3 Å². The fourth-order valence-corrected chi connectivity index (χ4v) is 1.48. The van der Waals surface area contributed by atoms with Crippen LogP contribution < -0.4 is 5.32 Å². The van der Waals surface area contributed by atoms with Gasteiger partial charge in [-0.2, -0.15) is 0 Å². The van der Waals surface area contributed by atoms with E-state index in [-0.39, 0.29) is 5.69 Å². The van der Waals surface area contributed by atoms with Gasteiger partial charge in [-0.15, -0.1) is 0 Å². The maximum Gasteiger partial charge on any atom is 0.326 e. The maximum atomic E-state index is 11.8. The molecule has 0 aliphatic carbocycles. The highest BCUT2D eigenvalue weighted by Crippen LogP contribution is 2.19. The molecular formula is C12H15ClN2O3. The zero-order valence-electron chi connectivity index (χ0n) is 10.4. The number of nitrogens with zero attached hydrogens (tertiary/aromatic N) is 1. The highest BCUT2D eigenvalue weighted by atomic mass is 35.5. The molecule has 0 bridgehead atoms. The number of nitrogens with one attached hydrogen (secondary N) is 1. The summed E-state index contributed by atoms with van der Waals surface area (Å²) < 4.78 is 0. The summed E-state index contributed by atoms with van der Waals surface area (Å²) in [7, 11) is 0. The van der Waals surface area contributed by atoms with Gasteiger partial charge in [0.2, 0.25) is 0 Å². The lowest BCUT2D eigenvalue weighted by Crippen LogP contribution is -2.49. The first-order valence-corrected chi connectivity index (χ1v) is 5.75. The van der Waals surface area contributed by atoms with Crippen LogP contribution in [-0.4, -0.2) is 28.0 Å². The lowest BCUT2D eigenvalue weighted by atomic mass is 9.86. The van der Waals surface area contributed by atoms with Crippen molar-refractivity contribution in [1.29, 1.82) is 0 Å². The van der Waals surface area contributed by atoms with Gasteiger partial charge in [-0.25, -0.2) is 9.78 Å². The van der Waals surface area contributed by atoms with E-state index in [0.717, 1.165) is 0 Å². The minimum Gasteiger partial charge on any atom is -0.480 e. The summed E-state index contributed by atoms with van der Waals surface area (Å²) in [4.78, 5) is 26.8. The number of halogens is 1. The summed E-state index contributed by atoms with van der Waals surface area (Å²) in [6.07, 6.45) is 1.34. The van der Waals surface area contributed by atoms with Crippen molar-refractivity contribution in [2.75, 3.05) is 0 Å². The predicted molar refractivity (Wildman–Crippen MR) is 67.6 cm³/mol. The van der Waals surface area contributed by atoms with Crippen LogP contribution in [0.4, 0.5) is 0 Å². The normalized spacial score (nSPS) is 12.9. The SMILES string of the molecule is CC(C)(C)C(NC(=O)c1ccc(Cl)cn1)C(=O)O. The molecule has 1 atom stereocenters. The minimum atomic E-state index is -1.08. The second-order valence-corrected chi connectivity index (χ2v) is 5.41. The summed E-state index contributed by atoms with van der Waals surface area (Å²) >= 11 is 5.66. The van der Waals surface area contributed by atoms with E-state index in [1.54, 1.807) is 20.8 Å². The molecule has 0 spiro atoms. The summed E-state index contributed by atoms with van der Waals surface area (Å²) in [5, 5.41) is 12.0. The van der Waals surface area contributed by atoms with Crippen LogP contribution in [0.15, 0.2) is 18.3 Å². The van der Waals surface area contributed by atoms with E-state index in [0.29, 0.717) is 5.02 Å². The zero-order valence-corrected chi connectivity index (χ0v) is 11.2. The number of aromatic nitrogens is 1. The minimum absolute atomic E-state index is 0.134. The highest BCUT2D eigenvalue weighted by molar-refractivity contribution is 6.30. The molecule has 1 amide bonds. The molecule has 0 aromatic carbocycles. The molecule has 2 N–H and O–H groups in total. The molecule has 0 saturated heterocycles. The number of amides is 1. The van der Waals surface area contributed by atoms with Gasteiger partial charge in [0, 0.05) is 6.20 Å². The second kappa shape index (κ2) is 5.35. The van der Waals surface area contributed by atoms with Gasteiger partial charge in [-0.1, -0.05) is 32.4 Å². The van der Waals surface area contributed by atoms with Crippen LogP contribution in [0.3, 0.4) is 0 Å². The van der Waals surface area contributed by atoms with Crippen molar-refractivity contribution in [2.24, 2.45) is 5.41 Å². The predicted octanol–water partition coefficient (Wildman–Crippen LogP) is 1.96. The quantitative estimate of drug-likeness (QED) is 0.880. The third-order valence-electron chi connectivity index (χ3n) is 2.35. The number of carbonyl (C=O) groups excluding carboxylic acids is 1. The Morgan fingerprint density at radius 1 is 1.39 bits per heavy atom. The molecule has 5 nitrogen and oxygen atoms in total. The van der Waals surface area contributed by atoms with Gasteiger partial charge in [0.05, 0.1) is 5.02 Å². The molecule has 0 fully saturated rings. The molecule has 6 heteroatoms. The first kappa shape index (κ1) is 14.4. The Hall–Kier alpha value is -1.62. The average Bonchev–Trinajstić information content (AvgIpc) is 2.24. The molecular weight excluding hydrogens is 256 g/mol. The molecule has 1 aromatic rings. The topological polar surface area (TPSA) is 79.3 Å². The van der Waals surface area contributed by atoms with Gasteiger partial charge < -0.3 is 10.4 Å². The van der Waals surface area contributed by atoms with Crippen molar-refractivity contribution >= 4 is 23.5 Å².